The quantitative estimate of drug-likeness (QED) is 0.461. The van der Waals surface area contributed by atoms with Crippen molar-refractivity contribution in [2.24, 2.45) is 4.99 Å². The number of anilines is 2. The number of carbonyl (C=O) groups excluding carboxylic acids is 1. The molecule has 0 bridgehead atoms. The number of rotatable bonds is 10. The number of hydrogen-bond acceptors (Lipinski definition) is 6. The maximum absolute atomic E-state index is 11.9. The van der Waals surface area contributed by atoms with Crippen LogP contribution in [0.25, 0.3) is 0 Å². The number of piperazine rings is 1. The first-order valence-corrected chi connectivity index (χ1v) is 13.1. The van der Waals surface area contributed by atoms with Crippen molar-refractivity contribution in [3.05, 3.63) is 53.1 Å². The maximum atomic E-state index is 11.9. The lowest BCUT2D eigenvalue weighted by molar-refractivity contribution is -0.122. The first-order valence-electron chi connectivity index (χ1n) is 12.7. The van der Waals surface area contributed by atoms with Crippen molar-refractivity contribution in [1.29, 1.82) is 0 Å². The van der Waals surface area contributed by atoms with Crippen LogP contribution in [0.15, 0.2) is 47.5 Å². The van der Waals surface area contributed by atoms with Crippen LogP contribution in [0.1, 0.15) is 38.2 Å². The monoisotopic (exact) mass is 497 g/mol. The van der Waals surface area contributed by atoms with Crippen molar-refractivity contribution in [2.75, 3.05) is 57.8 Å². The minimum Gasteiger partial charge on any atom is -0.381 e. The standard InChI is InChI=1S/C27H36ClN5O2/c1-2-3-18-35-19-11-26(34)29-12-6-13-32-14-16-33(17-15-32)27-22-7-4-5-8-23(22)30-24-10-9-21(28)20-25(24)31-27/h4-5,7-10,20,30H,2-3,6,11-19H2,1H3,(H,29,34). The first-order chi connectivity index (χ1) is 17.1. The number of fused-ring (bicyclic) bond motifs is 2. The fraction of sp³-hybridized carbons (Fsp3) is 0.481. The Labute approximate surface area is 213 Å². The fourth-order valence-corrected chi connectivity index (χ4v) is 4.53. The Morgan fingerprint density at radius 3 is 2.74 bits per heavy atom. The smallest absolute Gasteiger partial charge is 0.222 e. The average molecular weight is 498 g/mol. The summed E-state index contributed by atoms with van der Waals surface area (Å²) in [6.07, 6.45) is 3.55. The fourth-order valence-electron chi connectivity index (χ4n) is 4.37. The second-order valence-electron chi connectivity index (χ2n) is 9.02. The summed E-state index contributed by atoms with van der Waals surface area (Å²) in [7, 11) is 0. The summed E-state index contributed by atoms with van der Waals surface area (Å²) in [6, 6.07) is 14.1. The summed E-state index contributed by atoms with van der Waals surface area (Å²) < 4.78 is 5.47. The summed E-state index contributed by atoms with van der Waals surface area (Å²) in [5, 5.41) is 7.21. The molecule has 2 aliphatic heterocycles. The van der Waals surface area contributed by atoms with E-state index in [0.29, 0.717) is 24.6 Å². The highest BCUT2D eigenvalue weighted by molar-refractivity contribution is 6.31. The highest BCUT2D eigenvalue weighted by Crippen LogP contribution is 2.36. The van der Waals surface area contributed by atoms with E-state index in [4.69, 9.17) is 21.3 Å². The molecular formula is C27H36ClN5O2. The van der Waals surface area contributed by atoms with E-state index in [-0.39, 0.29) is 5.91 Å². The maximum Gasteiger partial charge on any atom is 0.222 e. The first kappa shape index (κ1) is 25.5. The number of carbonyl (C=O) groups is 1. The summed E-state index contributed by atoms with van der Waals surface area (Å²) in [5.41, 5.74) is 3.98. The Bertz CT molecular complexity index is 1020. The predicted molar refractivity (Wildman–Crippen MR) is 143 cm³/mol. The minimum absolute atomic E-state index is 0.0744. The van der Waals surface area contributed by atoms with E-state index in [0.717, 1.165) is 87.1 Å². The molecule has 4 rings (SSSR count). The molecule has 0 unspecified atom stereocenters. The third-order valence-electron chi connectivity index (χ3n) is 6.38. The Hall–Kier alpha value is -2.61. The SMILES string of the molecule is CCCCOCCC(=O)NCCCN1CCN(C2=Nc3cc(Cl)ccc3Nc3ccccc32)CC1. The van der Waals surface area contributed by atoms with E-state index < -0.39 is 0 Å². The predicted octanol–water partition coefficient (Wildman–Crippen LogP) is 4.81. The van der Waals surface area contributed by atoms with Crippen LogP contribution in [-0.4, -0.2) is 74.0 Å². The lowest BCUT2D eigenvalue weighted by Gasteiger charge is -2.36. The van der Waals surface area contributed by atoms with Gasteiger partial charge in [-0.05, 0) is 49.7 Å². The van der Waals surface area contributed by atoms with Crippen LogP contribution in [-0.2, 0) is 9.53 Å². The molecule has 2 aromatic rings. The van der Waals surface area contributed by atoms with E-state index >= 15 is 0 Å². The van der Waals surface area contributed by atoms with Gasteiger partial charge in [0.05, 0.1) is 18.0 Å². The van der Waals surface area contributed by atoms with Crippen molar-refractivity contribution in [3.63, 3.8) is 0 Å². The zero-order chi connectivity index (χ0) is 24.5. The van der Waals surface area contributed by atoms with Gasteiger partial charge in [0, 0.05) is 62.0 Å². The molecule has 35 heavy (non-hydrogen) atoms. The van der Waals surface area contributed by atoms with Crippen molar-refractivity contribution in [3.8, 4) is 0 Å². The number of halogens is 1. The normalized spacial score (nSPS) is 15.5. The number of benzene rings is 2. The van der Waals surface area contributed by atoms with E-state index in [2.05, 4.69) is 45.6 Å². The number of amides is 1. The van der Waals surface area contributed by atoms with E-state index in [1.54, 1.807) is 0 Å². The van der Waals surface area contributed by atoms with Gasteiger partial charge in [0.25, 0.3) is 0 Å². The Balaban J connectivity index is 1.26. The molecule has 2 aromatic carbocycles. The molecular weight excluding hydrogens is 462 g/mol. The van der Waals surface area contributed by atoms with Crippen LogP contribution in [0.3, 0.4) is 0 Å². The third-order valence-corrected chi connectivity index (χ3v) is 6.62. The van der Waals surface area contributed by atoms with Gasteiger partial charge >= 0.3 is 0 Å². The van der Waals surface area contributed by atoms with Crippen LogP contribution < -0.4 is 10.6 Å². The highest BCUT2D eigenvalue weighted by atomic mass is 35.5. The van der Waals surface area contributed by atoms with Gasteiger partial charge in [-0.25, -0.2) is 4.99 Å². The van der Waals surface area contributed by atoms with Gasteiger partial charge in [-0.2, -0.15) is 0 Å². The highest BCUT2D eigenvalue weighted by Gasteiger charge is 2.24. The zero-order valence-electron chi connectivity index (χ0n) is 20.6. The lowest BCUT2D eigenvalue weighted by atomic mass is 10.1. The van der Waals surface area contributed by atoms with Gasteiger partial charge in [-0.1, -0.05) is 37.1 Å². The molecule has 8 heteroatoms. The molecule has 1 saturated heterocycles. The molecule has 7 nitrogen and oxygen atoms in total. The van der Waals surface area contributed by atoms with Gasteiger partial charge in [0.2, 0.25) is 5.91 Å². The lowest BCUT2D eigenvalue weighted by Crippen LogP contribution is -2.49. The molecule has 0 saturated carbocycles. The molecule has 0 atom stereocenters. The van der Waals surface area contributed by atoms with Gasteiger partial charge in [-0.15, -0.1) is 0 Å². The van der Waals surface area contributed by atoms with E-state index in [1.807, 2.05) is 24.3 Å². The number of hydrogen-bond donors (Lipinski definition) is 2. The number of ether oxygens (including phenoxy) is 1. The molecule has 0 aromatic heterocycles. The summed E-state index contributed by atoms with van der Waals surface area (Å²) in [5.74, 6) is 1.06. The average Bonchev–Trinajstić information content (AvgIpc) is 3.03. The van der Waals surface area contributed by atoms with E-state index in [9.17, 15) is 4.79 Å². The molecule has 2 aliphatic rings. The molecule has 1 fully saturated rings. The Kier molecular flexibility index (Phi) is 9.40. The van der Waals surface area contributed by atoms with Crippen LogP contribution in [0.2, 0.25) is 5.02 Å². The number of para-hydroxylation sites is 1. The van der Waals surface area contributed by atoms with Crippen LogP contribution in [0.4, 0.5) is 17.1 Å². The molecule has 2 heterocycles. The second kappa shape index (κ2) is 12.9. The number of nitrogens with one attached hydrogen (secondary N) is 2. The van der Waals surface area contributed by atoms with Crippen LogP contribution >= 0.6 is 11.6 Å². The molecule has 188 valence electrons. The van der Waals surface area contributed by atoms with Crippen LogP contribution in [0, 0.1) is 0 Å². The van der Waals surface area contributed by atoms with Gasteiger partial charge in [-0.3, -0.25) is 9.69 Å². The zero-order valence-corrected chi connectivity index (χ0v) is 21.3. The van der Waals surface area contributed by atoms with Crippen LogP contribution in [0.5, 0.6) is 0 Å². The van der Waals surface area contributed by atoms with Gasteiger partial charge < -0.3 is 20.3 Å². The van der Waals surface area contributed by atoms with Gasteiger partial charge in [0.1, 0.15) is 5.84 Å². The largest absolute Gasteiger partial charge is 0.381 e. The van der Waals surface area contributed by atoms with Crippen molar-refractivity contribution in [1.82, 2.24) is 15.1 Å². The third kappa shape index (κ3) is 7.19. The Morgan fingerprint density at radius 2 is 1.91 bits per heavy atom. The number of nitrogens with zero attached hydrogens (tertiary/aromatic N) is 3. The van der Waals surface area contributed by atoms with Crippen molar-refractivity contribution < 1.29 is 9.53 Å². The topological polar surface area (TPSA) is 69.2 Å². The summed E-state index contributed by atoms with van der Waals surface area (Å²) >= 11 is 6.27. The Morgan fingerprint density at radius 1 is 1.09 bits per heavy atom. The minimum atomic E-state index is 0.0744. The molecule has 1 amide bonds. The van der Waals surface area contributed by atoms with E-state index in [1.165, 1.54) is 0 Å². The summed E-state index contributed by atoms with van der Waals surface area (Å²) in [4.78, 5) is 21.8. The summed E-state index contributed by atoms with van der Waals surface area (Å²) in [6.45, 7) is 8.81. The number of unbranched alkanes of at least 4 members (excludes halogenated alkanes) is 1. The molecule has 0 radical (unpaired) electrons. The van der Waals surface area contributed by atoms with Gasteiger partial charge in [0.15, 0.2) is 0 Å². The second-order valence-corrected chi connectivity index (χ2v) is 9.45. The van der Waals surface area contributed by atoms with Crippen molar-refractivity contribution in [2.45, 2.75) is 32.6 Å². The molecule has 0 aliphatic carbocycles. The molecule has 0 spiro atoms. The number of aliphatic imine (C=N–C) groups is 1. The van der Waals surface area contributed by atoms with Crippen molar-refractivity contribution >= 4 is 40.4 Å². The number of amidine groups is 1. The molecule has 2 N–H and O–H groups in total.